The van der Waals surface area contributed by atoms with E-state index in [1.54, 1.807) is 0 Å². The van der Waals surface area contributed by atoms with E-state index in [2.05, 4.69) is 31.9 Å². The number of alkyl halides is 11. The molecule has 1 unspecified atom stereocenters. The molecule has 0 saturated heterocycles. The molecule has 0 spiro atoms. The van der Waals surface area contributed by atoms with Gasteiger partial charge in [0.25, 0.3) is 5.60 Å². The van der Waals surface area contributed by atoms with E-state index in [4.69, 9.17) is 5.11 Å². The Morgan fingerprint density at radius 3 is 1.44 bits per heavy atom. The van der Waals surface area contributed by atoms with Crippen molar-refractivity contribution in [2.24, 2.45) is 5.92 Å². The Morgan fingerprint density at radius 2 is 1.20 bits per heavy atom. The van der Waals surface area contributed by atoms with Crippen molar-refractivity contribution in [1.82, 2.24) is 5.32 Å². The van der Waals surface area contributed by atoms with Crippen LogP contribution in [-0.4, -0.2) is 56.6 Å². The number of rotatable bonds is 6. The number of hydrogen-bond acceptors (Lipinski definition) is 3. The van der Waals surface area contributed by atoms with E-state index in [-0.39, 0.29) is 10.7 Å². The van der Waals surface area contributed by atoms with Crippen LogP contribution in [0.15, 0.2) is 0 Å². The Hall–Kier alpha value is -0.280. The van der Waals surface area contributed by atoms with Crippen molar-refractivity contribution in [2.45, 2.75) is 36.3 Å². The lowest BCUT2D eigenvalue weighted by Crippen LogP contribution is -2.68. The van der Waals surface area contributed by atoms with Gasteiger partial charge < -0.3 is 15.5 Å². The molecule has 0 rings (SSSR count). The topological polar surface area (TPSA) is 69.6 Å². The summed E-state index contributed by atoms with van der Waals surface area (Å²) in [5, 5.41) is 18.3. The summed E-state index contributed by atoms with van der Waals surface area (Å²) in [4.78, 5) is 11.6. The van der Waals surface area contributed by atoms with E-state index in [1.165, 1.54) is 0 Å². The molecule has 0 aromatic heterocycles. The van der Waals surface area contributed by atoms with Crippen LogP contribution in [0.1, 0.15) is 6.42 Å². The zero-order chi connectivity index (χ0) is 20.5. The zero-order valence-electron chi connectivity index (χ0n) is 11.7. The average Bonchev–Trinajstić information content (AvgIpc) is 2.35. The molecule has 150 valence electrons. The van der Waals surface area contributed by atoms with Crippen molar-refractivity contribution in [3.8, 4) is 0 Å². The van der Waals surface area contributed by atoms with Gasteiger partial charge in [0.05, 0.1) is 12.3 Å². The van der Waals surface area contributed by atoms with Crippen LogP contribution in [0.25, 0.3) is 0 Å². The van der Waals surface area contributed by atoms with Crippen molar-refractivity contribution in [3.63, 3.8) is 0 Å². The maximum Gasteiger partial charge on any atom is 0.436 e. The fourth-order valence-corrected chi connectivity index (χ4v) is 3.09. The summed E-state index contributed by atoms with van der Waals surface area (Å²) in [6.07, 6.45) is -22.7. The molecule has 0 saturated carbocycles. The highest BCUT2D eigenvalue weighted by atomic mass is 79.9. The number of nitrogens with one attached hydrogen (secondary N) is 1. The molecule has 0 fully saturated rings. The lowest BCUT2D eigenvalue weighted by atomic mass is 9.90. The van der Waals surface area contributed by atoms with Gasteiger partial charge in [-0.25, -0.2) is 0 Å². The maximum atomic E-state index is 12.9. The molecule has 4 nitrogen and oxygen atoms in total. The molecule has 0 aromatic rings. The predicted molar refractivity (Wildman–Crippen MR) is 71.9 cm³/mol. The molecule has 0 aliphatic rings. The SMILES string of the molecule is O=C(NC(O)(CC(O)(C(F)(F)F)C(F)(F)F)C(F)(F)F)C(CBr)CBr. The number of hydrogen-bond donors (Lipinski definition) is 3. The third-order valence-corrected chi connectivity index (χ3v) is 4.55. The highest BCUT2D eigenvalue weighted by molar-refractivity contribution is 9.09. The summed E-state index contributed by atoms with van der Waals surface area (Å²) in [5.41, 5.74) is -10.9. The first-order valence-corrected chi connectivity index (χ1v) is 8.19. The quantitative estimate of drug-likeness (QED) is 0.285. The minimum Gasteiger partial charge on any atom is -0.373 e. The van der Waals surface area contributed by atoms with Gasteiger partial charge in [0, 0.05) is 10.7 Å². The number of amides is 1. The van der Waals surface area contributed by atoms with Crippen LogP contribution < -0.4 is 5.32 Å². The average molecular weight is 523 g/mol. The molecule has 0 radical (unpaired) electrons. The van der Waals surface area contributed by atoms with Gasteiger partial charge in [-0.05, 0) is 0 Å². The van der Waals surface area contributed by atoms with Crippen LogP contribution in [0.3, 0.4) is 0 Å². The number of halogens is 11. The first kappa shape index (κ1) is 24.7. The van der Waals surface area contributed by atoms with Crippen molar-refractivity contribution in [1.29, 1.82) is 0 Å². The second-order valence-corrected chi connectivity index (χ2v) is 6.18. The van der Waals surface area contributed by atoms with E-state index in [0.29, 0.717) is 5.32 Å². The standard InChI is InChI=1S/C10H10Br2F9NO3/c11-1-4(2-12)5(23)22-7(25,10(19,20)21)3-6(24,8(13,14)15)9(16,17)18/h4,24-25H,1-3H2,(H,22,23). The van der Waals surface area contributed by atoms with Crippen LogP contribution in [0.5, 0.6) is 0 Å². The van der Waals surface area contributed by atoms with E-state index in [1.807, 2.05) is 0 Å². The van der Waals surface area contributed by atoms with Crippen molar-refractivity contribution >= 4 is 37.8 Å². The predicted octanol–water partition coefficient (Wildman–Crippen LogP) is 3.01. The second-order valence-electron chi connectivity index (χ2n) is 4.89. The van der Waals surface area contributed by atoms with Gasteiger partial charge >= 0.3 is 18.5 Å². The summed E-state index contributed by atoms with van der Waals surface area (Å²) in [7, 11) is 0. The lowest BCUT2D eigenvalue weighted by molar-refractivity contribution is -0.393. The molecule has 0 aliphatic heterocycles. The van der Waals surface area contributed by atoms with Crippen LogP contribution in [0.4, 0.5) is 39.5 Å². The van der Waals surface area contributed by atoms with Crippen molar-refractivity contribution in [2.75, 3.05) is 10.7 Å². The summed E-state index contributed by atoms with van der Waals surface area (Å²) in [6.45, 7) is 0. The fourth-order valence-electron chi connectivity index (χ4n) is 1.43. The molecular weight excluding hydrogens is 513 g/mol. The Balaban J connectivity index is 6.02. The minimum absolute atomic E-state index is 0.319. The normalized spacial score (nSPS) is 16.7. The highest BCUT2D eigenvalue weighted by Gasteiger charge is 2.75. The van der Waals surface area contributed by atoms with Gasteiger partial charge in [0.2, 0.25) is 11.6 Å². The van der Waals surface area contributed by atoms with E-state index in [0.717, 1.165) is 0 Å². The second kappa shape index (κ2) is 7.76. The molecule has 15 heteroatoms. The van der Waals surface area contributed by atoms with E-state index >= 15 is 0 Å². The van der Waals surface area contributed by atoms with Crippen LogP contribution in [0.2, 0.25) is 0 Å². The fraction of sp³-hybridized carbons (Fsp3) is 0.900. The van der Waals surface area contributed by atoms with Crippen LogP contribution in [-0.2, 0) is 4.79 Å². The number of carbonyl (C=O) groups is 1. The van der Waals surface area contributed by atoms with Gasteiger partial charge in [0.15, 0.2) is 0 Å². The Bertz CT molecular complexity index is 462. The van der Waals surface area contributed by atoms with E-state index in [9.17, 15) is 49.4 Å². The first-order chi connectivity index (χ1) is 10.9. The minimum atomic E-state index is -6.61. The van der Waals surface area contributed by atoms with Gasteiger partial charge in [-0.3, -0.25) is 4.79 Å². The molecule has 0 bridgehead atoms. The van der Waals surface area contributed by atoms with Crippen molar-refractivity contribution in [3.05, 3.63) is 0 Å². The van der Waals surface area contributed by atoms with Crippen LogP contribution in [0, 0.1) is 5.92 Å². The summed E-state index contributed by atoms with van der Waals surface area (Å²) in [5.74, 6) is -3.06. The third kappa shape index (κ3) is 5.35. The molecule has 0 aliphatic carbocycles. The van der Waals surface area contributed by atoms with Gasteiger partial charge in [-0.2, -0.15) is 39.5 Å². The summed E-state index contributed by atoms with van der Waals surface area (Å²) in [6, 6.07) is 0. The molecule has 1 amide bonds. The molecule has 0 heterocycles. The summed E-state index contributed by atoms with van der Waals surface area (Å²) < 4.78 is 114. The van der Waals surface area contributed by atoms with E-state index < -0.39 is 48.1 Å². The summed E-state index contributed by atoms with van der Waals surface area (Å²) >= 11 is 5.39. The molecular formula is C10H10Br2F9NO3. The lowest BCUT2D eigenvalue weighted by Gasteiger charge is -2.40. The van der Waals surface area contributed by atoms with Crippen molar-refractivity contribution < 1.29 is 54.5 Å². The number of aliphatic hydroxyl groups is 2. The Morgan fingerprint density at radius 1 is 0.840 bits per heavy atom. The zero-order valence-corrected chi connectivity index (χ0v) is 14.8. The molecule has 3 N–H and O–H groups in total. The van der Waals surface area contributed by atoms with Gasteiger partial charge in [-0.1, -0.05) is 31.9 Å². The van der Waals surface area contributed by atoms with Gasteiger partial charge in [-0.15, -0.1) is 0 Å². The molecule has 1 atom stereocenters. The molecule has 25 heavy (non-hydrogen) atoms. The molecule has 0 aromatic carbocycles. The van der Waals surface area contributed by atoms with Crippen LogP contribution >= 0.6 is 31.9 Å². The third-order valence-electron chi connectivity index (χ3n) is 2.99. The largest absolute Gasteiger partial charge is 0.436 e. The maximum absolute atomic E-state index is 12.9. The Labute approximate surface area is 151 Å². The highest BCUT2D eigenvalue weighted by Crippen LogP contribution is 2.49. The van der Waals surface area contributed by atoms with Gasteiger partial charge in [0.1, 0.15) is 0 Å². The smallest absolute Gasteiger partial charge is 0.373 e. The monoisotopic (exact) mass is 521 g/mol. The first-order valence-electron chi connectivity index (χ1n) is 5.95. The Kier molecular flexibility index (Phi) is 7.67. The number of carbonyl (C=O) groups excluding carboxylic acids is 1.